The van der Waals surface area contributed by atoms with Gasteiger partial charge in [0.2, 0.25) is 5.91 Å². The number of benzene rings is 2. The molecular weight excluding hydrogens is 792 g/mol. The number of hydrogen-bond acceptors (Lipinski definition) is 9. The van der Waals surface area contributed by atoms with Crippen molar-refractivity contribution in [3.63, 3.8) is 0 Å². The molecular formula is C40H47F6N5O8. The van der Waals surface area contributed by atoms with Gasteiger partial charge in [0.25, 0.3) is 0 Å². The predicted octanol–water partition coefficient (Wildman–Crippen LogP) is 7.39. The normalized spacial score (nSPS) is 16.5. The molecule has 3 atom stereocenters. The number of alkyl carbamates (subject to hydrolysis) is 2. The molecule has 1 fully saturated rings. The van der Waals surface area contributed by atoms with Gasteiger partial charge in [0.15, 0.2) is 0 Å². The number of hydrogen-bond donors (Lipinski definition) is 3. The molecule has 19 heteroatoms. The largest absolute Gasteiger partial charge is 0.447 e. The molecule has 3 N–H and O–H groups in total. The Hall–Kier alpha value is -5.59. The van der Waals surface area contributed by atoms with Crippen molar-refractivity contribution in [3.8, 4) is 0 Å². The Morgan fingerprint density at radius 1 is 0.847 bits per heavy atom. The van der Waals surface area contributed by atoms with E-state index in [2.05, 4.69) is 15.6 Å². The van der Waals surface area contributed by atoms with Crippen molar-refractivity contribution in [1.29, 1.82) is 0 Å². The lowest BCUT2D eigenvalue weighted by atomic mass is 9.84. The topological polar surface area (TPSA) is 157 Å². The van der Waals surface area contributed by atoms with Crippen LogP contribution in [0.25, 0.3) is 0 Å². The number of nitrogens with one attached hydrogen (secondary N) is 3. The Morgan fingerprint density at radius 3 is 1.97 bits per heavy atom. The molecule has 1 aromatic heterocycles. The van der Waals surface area contributed by atoms with Gasteiger partial charge in [-0.1, -0.05) is 24.3 Å². The highest BCUT2D eigenvalue weighted by molar-refractivity contribution is 5.98. The van der Waals surface area contributed by atoms with Crippen LogP contribution < -0.4 is 16.0 Å². The van der Waals surface area contributed by atoms with Crippen LogP contribution in [0.5, 0.6) is 0 Å². The number of alkyl halides is 3. The molecule has 0 spiro atoms. The van der Waals surface area contributed by atoms with Crippen LogP contribution in [-0.4, -0.2) is 95.9 Å². The maximum Gasteiger partial charge on any atom is 0.410 e. The summed E-state index contributed by atoms with van der Waals surface area (Å²) in [6, 6.07) is 7.79. The van der Waals surface area contributed by atoms with Crippen molar-refractivity contribution in [3.05, 3.63) is 95.1 Å². The van der Waals surface area contributed by atoms with Gasteiger partial charge in [-0.05, 0) is 89.8 Å². The van der Waals surface area contributed by atoms with Gasteiger partial charge >= 0.3 is 24.5 Å². The Kier molecular flexibility index (Phi) is 15.2. The molecule has 0 saturated carbocycles. The number of morpholine rings is 1. The minimum Gasteiger partial charge on any atom is -0.447 e. The van der Waals surface area contributed by atoms with Crippen molar-refractivity contribution in [2.45, 2.75) is 95.9 Å². The van der Waals surface area contributed by atoms with E-state index < -0.39 is 96.3 Å². The molecule has 4 amide bonds. The average Bonchev–Trinajstić information content (AvgIpc) is 3.12. The smallest absolute Gasteiger partial charge is 0.410 e. The number of carbonyl (C=O) groups excluding carboxylic acids is 4. The number of aromatic nitrogens is 1. The summed E-state index contributed by atoms with van der Waals surface area (Å²) in [7, 11) is 0. The van der Waals surface area contributed by atoms with Gasteiger partial charge in [-0.25, -0.2) is 27.6 Å². The van der Waals surface area contributed by atoms with E-state index in [0.717, 1.165) is 30.5 Å². The SMILES string of the molecule is CC(C)(C)OC(=O)NC(C(=O)Nc1cncc(F)c1CC[C@@H]1CN(C(=O)OC(C)(C)C)[C@H](COC(=O)NCC(F)(F)F)CO1)C(c1ccc(F)cc1)c1ccc(F)cc1. The molecule has 0 bridgehead atoms. The number of carbonyl (C=O) groups is 4. The molecule has 4 rings (SSSR count). The average molecular weight is 840 g/mol. The lowest BCUT2D eigenvalue weighted by Gasteiger charge is -2.39. The zero-order valence-corrected chi connectivity index (χ0v) is 33.3. The molecule has 2 heterocycles. The van der Waals surface area contributed by atoms with Crippen LogP contribution in [0, 0.1) is 17.5 Å². The molecule has 0 radical (unpaired) electrons. The molecule has 1 aliphatic rings. The first-order valence-electron chi connectivity index (χ1n) is 18.5. The van der Waals surface area contributed by atoms with Crippen LogP contribution in [0.15, 0.2) is 60.9 Å². The van der Waals surface area contributed by atoms with Crippen LogP contribution in [0.4, 0.5) is 46.4 Å². The molecule has 0 aliphatic carbocycles. The maximum atomic E-state index is 15.6. The number of halogens is 6. The lowest BCUT2D eigenvalue weighted by Crippen LogP contribution is -2.55. The second kappa shape index (κ2) is 19.4. The fourth-order valence-corrected chi connectivity index (χ4v) is 6.00. The van der Waals surface area contributed by atoms with Crippen molar-refractivity contribution >= 4 is 29.9 Å². The second-order valence-corrected chi connectivity index (χ2v) is 15.7. The van der Waals surface area contributed by atoms with E-state index in [1.54, 1.807) is 46.9 Å². The van der Waals surface area contributed by atoms with Crippen molar-refractivity contribution in [2.24, 2.45) is 0 Å². The Morgan fingerprint density at radius 2 is 1.42 bits per heavy atom. The fraction of sp³-hybridized carbons (Fsp3) is 0.475. The van der Waals surface area contributed by atoms with Gasteiger partial charge in [0, 0.05) is 11.5 Å². The first-order chi connectivity index (χ1) is 27.5. The summed E-state index contributed by atoms with van der Waals surface area (Å²) in [5, 5.41) is 6.80. The maximum absolute atomic E-state index is 15.6. The Labute approximate surface area is 337 Å². The highest BCUT2D eigenvalue weighted by Gasteiger charge is 2.38. The number of ether oxygens (including phenoxy) is 4. The van der Waals surface area contributed by atoms with E-state index in [9.17, 15) is 41.1 Å². The first kappa shape index (κ1) is 46.1. The summed E-state index contributed by atoms with van der Waals surface area (Å²) in [4.78, 5) is 57.8. The van der Waals surface area contributed by atoms with Crippen LogP contribution in [0.1, 0.15) is 70.6 Å². The van der Waals surface area contributed by atoms with Crippen molar-refractivity contribution in [2.75, 3.05) is 31.6 Å². The third-order valence-electron chi connectivity index (χ3n) is 8.56. The lowest BCUT2D eigenvalue weighted by molar-refractivity contribution is -0.124. The van der Waals surface area contributed by atoms with Gasteiger partial charge in [-0.2, -0.15) is 13.2 Å². The molecule has 59 heavy (non-hydrogen) atoms. The minimum absolute atomic E-state index is 0.0244. The molecule has 1 saturated heterocycles. The van der Waals surface area contributed by atoms with E-state index in [0.29, 0.717) is 11.1 Å². The molecule has 13 nitrogen and oxygen atoms in total. The summed E-state index contributed by atoms with van der Waals surface area (Å²) < 4.78 is 103. The third kappa shape index (κ3) is 14.6. The van der Waals surface area contributed by atoms with Gasteiger partial charge in [0.05, 0.1) is 43.4 Å². The summed E-state index contributed by atoms with van der Waals surface area (Å²) in [6.07, 6.45) is -6.53. The summed E-state index contributed by atoms with van der Waals surface area (Å²) in [5.41, 5.74) is -1.31. The van der Waals surface area contributed by atoms with Gasteiger partial charge < -0.3 is 34.9 Å². The summed E-state index contributed by atoms with van der Waals surface area (Å²) >= 11 is 0. The van der Waals surface area contributed by atoms with E-state index in [1.807, 2.05) is 0 Å². The monoisotopic (exact) mass is 839 g/mol. The third-order valence-corrected chi connectivity index (χ3v) is 8.56. The summed E-state index contributed by atoms with van der Waals surface area (Å²) in [6.45, 7) is 7.17. The second-order valence-electron chi connectivity index (χ2n) is 15.7. The zero-order valence-electron chi connectivity index (χ0n) is 33.3. The van der Waals surface area contributed by atoms with Gasteiger partial charge in [-0.3, -0.25) is 14.7 Å². The van der Waals surface area contributed by atoms with Crippen molar-refractivity contribution in [1.82, 2.24) is 20.5 Å². The number of rotatable bonds is 12. The number of nitrogens with zero attached hydrogens (tertiary/aromatic N) is 2. The highest BCUT2D eigenvalue weighted by Crippen LogP contribution is 2.31. The molecule has 2 aromatic carbocycles. The summed E-state index contributed by atoms with van der Waals surface area (Å²) in [5.74, 6) is -3.87. The fourth-order valence-electron chi connectivity index (χ4n) is 6.00. The van der Waals surface area contributed by atoms with E-state index in [4.69, 9.17) is 18.9 Å². The number of anilines is 1. The quantitative estimate of drug-likeness (QED) is 0.125. The predicted molar refractivity (Wildman–Crippen MR) is 201 cm³/mol. The van der Waals surface area contributed by atoms with E-state index >= 15 is 4.39 Å². The number of amides is 4. The van der Waals surface area contributed by atoms with Crippen LogP contribution in [-0.2, 0) is 30.2 Å². The molecule has 1 unspecified atom stereocenters. The van der Waals surface area contributed by atoms with E-state index in [-0.39, 0.29) is 37.2 Å². The molecule has 3 aromatic rings. The minimum atomic E-state index is -4.67. The Balaban J connectivity index is 1.58. The van der Waals surface area contributed by atoms with Crippen LogP contribution in [0.3, 0.4) is 0 Å². The zero-order chi connectivity index (χ0) is 43.7. The van der Waals surface area contributed by atoms with Gasteiger partial charge in [-0.15, -0.1) is 0 Å². The molecule has 322 valence electrons. The van der Waals surface area contributed by atoms with Gasteiger partial charge in [0.1, 0.15) is 47.8 Å². The van der Waals surface area contributed by atoms with Crippen LogP contribution in [0.2, 0.25) is 0 Å². The van der Waals surface area contributed by atoms with E-state index in [1.165, 1.54) is 35.4 Å². The number of pyridine rings is 1. The van der Waals surface area contributed by atoms with Crippen molar-refractivity contribution < 1.29 is 64.5 Å². The first-order valence-corrected chi connectivity index (χ1v) is 18.5. The standard InChI is InChI=1S/C40H47F6N5O8/c1-38(2,3)58-36(54)50-33(32(23-7-11-25(41)12-8-23)24-9-13-26(42)14-10-24)34(52)49-31-18-47-17-30(43)29(31)16-15-28-19-51(37(55)59-39(4,5)6)27(20-56-28)21-57-35(53)48-22-40(44,45)46/h7-14,17-18,27-28,32-33H,15-16,19-22H2,1-6H3,(H,48,53)(H,49,52)(H,50,54)/t27-,28+,33?/m0/s1. The molecule has 1 aliphatic heterocycles. The Bertz CT molecular complexity index is 1870. The highest BCUT2D eigenvalue weighted by atomic mass is 19.4. The van der Waals surface area contributed by atoms with Crippen LogP contribution >= 0.6 is 0 Å².